The Balaban J connectivity index is 2.47. The van der Waals surface area contributed by atoms with E-state index in [2.05, 4.69) is 15.9 Å². The van der Waals surface area contributed by atoms with E-state index in [1.807, 2.05) is 0 Å². The van der Waals surface area contributed by atoms with Crippen molar-refractivity contribution in [2.75, 3.05) is 0 Å². The number of nitro groups is 1. The van der Waals surface area contributed by atoms with E-state index in [1.54, 1.807) is 12.1 Å². The predicted octanol–water partition coefficient (Wildman–Crippen LogP) is 3.85. The van der Waals surface area contributed by atoms with Gasteiger partial charge in [0.25, 0.3) is 0 Å². The first-order valence-electron chi connectivity index (χ1n) is 5.43. The average Bonchev–Trinajstić information content (AvgIpc) is 2.38. The number of nitrogens with zero attached hydrogens (tertiary/aromatic N) is 1. The van der Waals surface area contributed by atoms with Crippen LogP contribution in [0, 0.1) is 10.1 Å². The smallest absolute Gasteiger partial charge is 0.339 e. The van der Waals surface area contributed by atoms with Crippen LogP contribution in [0.2, 0.25) is 0 Å². The highest BCUT2D eigenvalue weighted by atomic mass is 79.9. The Kier molecular flexibility index (Phi) is 3.99. The number of benzene rings is 2. The first-order valence-corrected chi connectivity index (χ1v) is 6.22. The highest BCUT2D eigenvalue weighted by Crippen LogP contribution is 2.35. The Morgan fingerprint density at radius 3 is 2.55 bits per heavy atom. The summed E-state index contributed by atoms with van der Waals surface area (Å²) in [5.41, 5.74) is -0.310. The predicted molar refractivity (Wildman–Crippen MR) is 74.3 cm³/mol. The zero-order valence-corrected chi connectivity index (χ0v) is 11.5. The molecule has 7 heteroatoms. The van der Waals surface area contributed by atoms with Gasteiger partial charge in [0.15, 0.2) is 0 Å². The summed E-state index contributed by atoms with van der Waals surface area (Å²) in [4.78, 5) is 21.4. The minimum atomic E-state index is -1.17. The van der Waals surface area contributed by atoms with Gasteiger partial charge >= 0.3 is 11.7 Å². The molecular weight excluding hydrogens is 330 g/mol. The van der Waals surface area contributed by atoms with Gasteiger partial charge in [0, 0.05) is 16.6 Å². The molecule has 0 spiro atoms. The van der Waals surface area contributed by atoms with Gasteiger partial charge in [-0.2, -0.15) is 0 Å². The largest absolute Gasteiger partial charge is 0.478 e. The molecule has 6 nitrogen and oxygen atoms in total. The molecule has 0 aliphatic carbocycles. The Morgan fingerprint density at radius 2 is 1.90 bits per heavy atom. The van der Waals surface area contributed by atoms with Crippen molar-refractivity contribution >= 4 is 27.6 Å². The number of carboxylic acids is 1. The molecule has 0 radical (unpaired) electrons. The lowest BCUT2D eigenvalue weighted by Gasteiger charge is -2.09. The second-order valence-electron chi connectivity index (χ2n) is 3.77. The first kappa shape index (κ1) is 14.0. The molecular formula is C13H8BrNO5. The van der Waals surface area contributed by atoms with Crippen molar-refractivity contribution < 1.29 is 19.6 Å². The molecule has 0 aromatic heterocycles. The fraction of sp³-hybridized carbons (Fsp3) is 0. The van der Waals surface area contributed by atoms with Crippen LogP contribution in [-0.2, 0) is 0 Å². The SMILES string of the molecule is O=C(O)c1ccccc1Oc1cc(Br)ccc1[N+](=O)[O-]. The van der Waals surface area contributed by atoms with E-state index in [-0.39, 0.29) is 22.7 Å². The number of halogens is 1. The van der Waals surface area contributed by atoms with Gasteiger partial charge in [0.1, 0.15) is 11.3 Å². The molecule has 1 N–H and O–H groups in total. The summed E-state index contributed by atoms with van der Waals surface area (Å²) in [6.45, 7) is 0. The van der Waals surface area contributed by atoms with Crippen molar-refractivity contribution in [3.63, 3.8) is 0 Å². The number of para-hydroxylation sites is 1. The summed E-state index contributed by atoms with van der Waals surface area (Å²) in [5, 5.41) is 20.0. The van der Waals surface area contributed by atoms with Crippen LogP contribution in [0.4, 0.5) is 5.69 Å². The fourth-order valence-corrected chi connectivity index (χ4v) is 1.91. The molecule has 102 valence electrons. The van der Waals surface area contributed by atoms with Crippen LogP contribution < -0.4 is 4.74 Å². The Bertz CT molecular complexity index is 686. The van der Waals surface area contributed by atoms with Gasteiger partial charge in [0.2, 0.25) is 5.75 Å². The standard InChI is InChI=1S/C13H8BrNO5/c14-8-5-6-10(15(18)19)12(7-8)20-11-4-2-1-3-9(11)13(16)17/h1-7H,(H,16,17). The number of hydrogen-bond donors (Lipinski definition) is 1. The van der Waals surface area contributed by atoms with Crippen LogP contribution >= 0.6 is 15.9 Å². The Morgan fingerprint density at radius 1 is 1.20 bits per heavy atom. The summed E-state index contributed by atoms with van der Waals surface area (Å²) in [5.74, 6) is -1.16. The van der Waals surface area contributed by atoms with Crippen LogP contribution in [0.1, 0.15) is 10.4 Å². The number of hydrogen-bond acceptors (Lipinski definition) is 4. The molecule has 0 aliphatic heterocycles. The van der Waals surface area contributed by atoms with Gasteiger partial charge in [-0.25, -0.2) is 4.79 Å². The maximum Gasteiger partial charge on any atom is 0.339 e. The topological polar surface area (TPSA) is 89.7 Å². The van der Waals surface area contributed by atoms with Gasteiger partial charge in [-0.15, -0.1) is 0 Å². The number of ether oxygens (including phenoxy) is 1. The Hall–Kier alpha value is -2.41. The molecule has 0 aliphatic rings. The lowest BCUT2D eigenvalue weighted by atomic mass is 10.2. The quantitative estimate of drug-likeness (QED) is 0.676. The third-order valence-electron chi connectivity index (χ3n) is 2.46. The van der Waals surface area contributed by atoms with Crippen LogP contribution in [0.25, 0.3) is 0 Å². The molecule has 20 heavy (non-hydrogen) atoms. The molecule has 0 atom stereocenters. The van der Waals surface area contributed by atoms with E-state index < -0.39 is 10.9 Å². The number of carbonyl (C=O) groups is 1. The molecule has 0 saturated heterocycles. The zero-order chi connectivity index (χ0) is 14.7. The third kappa shape index (κ3) is 2.94. The molecule has 2 rings (SSSR count). The zero-order valence-electron chi connectivity index (χ0n) is 9.95. The minimum Gasteiger partial charge on any atom is -0.478 e. The van der Waals surface area contributed by atoms with Crippen molar-refractivity contribution in [2.45, 2.75) is 0 Å². The second kappa shape index (κ2) is 5.70. The molecule has 0 heterocycles. The van der Waals surface area contributed by atoms with E-state index >= 15 is 0 Å². The molecule has 0 fully saturated rings. The molecule has 2 aromatic carbocycles. The first-order chi connectivity index (χ1) is 9.49. The minimum absolute atomic E-state index is 0.0296. The van der Waals surface area contributed by atoms with Gasteiger partial charge in [0.05, 0.1) is 4.92 Å². The summed E-state index contributed by atoms with van der Waals surface area (Å²) in [7, 11) is 0. The van der Waals surface area contributed by atoms with Gasteiger partial charge in [-0.3, -0.25) is 10.1 Å². The molecule has 0 amide bonds. The summed E-state index contributed by atoms with van der Waals surface area (Å²) in [6.07, 6.45) is 0. The summed E-state index contributed by atoms with van der Waals surface area (Å²) in [6, 6.07) is 10.1. The van der Waals surface area contributed by atoms with E-state index in [0.717, 1.165) is 0 Å². The van der Waals surface area contributed by atoms with Crippen molar-refractivity contribution in [3.8, 4) is 11.5 Å². The van der Waals surface area contributed by atoms with E-state index in [9.17, 15) is 14.9 Å². The molecule has 2 aromatic rings. The average molecular weight is 338 g/mol. The molecule has 0 saturated carbocycles. The highest BCUT2D eigenvalue weighted by molar-refractivity contribution is 9.10. The molecule has 0 bridgehead atoms. The van der Waals surface area contributed by atoms with E-state index in [1.165, 1.54) is 30.3 Å². The summed E-state index contributed by atoms with van der Waals surface area (Å²) >= 11 is 3.19. The summed E-state index contributed by atoms with van der Waals surface area (Å²) < 4.78 is 5.98. The van der Waals surface area contributed by atoms with Crippen LogP contribution in [0.3, 0.4) is 0 Å². The van der Waals surface area contributed by atoms with Crippen LogP contribution in [-0.4, -0.2) is 16.0 Å². The van der Waals surface area contributed by atoms with Gasteiger partial charge < -0.3 is 9.84 Å². The second-order valence-corrected chi connectivity index (χ2v) is 4.69. The Labute approximate surface area is 121 Å². The maximum absolute atomic E-state index is 11.1. The van der Waals surface area contributed by atoms with Gasteiger partial charge in [-0.05, 0) is 18.2 Å². The van der Waals surface area contributed by atoms with Crippen LogP contribution in [0.15, 0.2) is 46.9 Å². The maximum atomic E-state index is 11.1. The number of carboxylic acid groups (broad SMARTS) is 1. The van der Waals surface area contributed by atoms with Crippen molar-refractivity contribution in [1.82, 2.24) is 0 Å². The highest BCUT2D eigenvalue weighted by Gasteiger charge is 2.18. The normalized spacial score (nSPS) is 10.1. The monoisotopic (exact) mass is 337 g/mol. The van der Waals surface area contributed by atoms with Crippen molar-refractivity contribution in [2.24, 2.45) is 0 Å². The van der Waals surface area contributed by atoms with Crippen molar-refractivity contribution in [3.05, 3.63) is 62.6 Å². The third-order valence-corrected chi connectivity index (χ3v) is 2.95. The number of nitro benzene ring substituents is 1. The lowest BCUT2D eigenvalue weighted by Crippen LogP contribution is -2.00. The number of aromatic carboxylic acids is 1. The molecule has 0 unspecified atom stereocenters. The van der Waals surface area contributed by atoms with Crippen molar-refractivity contribution in [1.29, 1.82) is 0 Å². The van der Waals surface area contributed by atoms with Gasteiger partial charge in [-0.1, -0.05) is 28.1 Å². The lowest BCUT2D eigenvalue weighted by molar-refractivity contribution is -0.385. The van der Waals surface area contributed by atoms with E-state index in [0.29, 0.717) is 4.47 Å². The fourth-order valence-electron chi connectivity index (χ4n) is 1.57. The number of rotatable bonds is 4. The van der Waals surface area contributed by atoms with E-state index in [4.69, 9.17) is 9.84 Å². The van der Waals surface area contributed by atoms with Crippen LogP contribution in [0.5, 0.6) is 11.5 Å².